The second-order valence-corrected chi connectivity index (χ2v) is 6.83. The lowest BCUT2D eigenvalue weighted by Gasteiger charge is -2.34. The number of sulfonamides is 1. The van der Waals surface area contributed by atoms with Crippen LogP contribution in [0.4, 0.5) is 8.78 Å². The van der Waals surface area contributed by atoms with E-state index in [0.29, 0.717) is 18.9 Å². The first-order valence-corrected chi connectivity index (χ1v) is 7.84. The minimum atomic E-state index is -3.90. The quantitative estimate of drug-likeness (QED) is 0.631. The molecule has 1 aromatic carbocycles. The second kappa shape index (κ2) is 6.01. The number of rotatable bonds is 3. The number of halogens is 2. The molecule has 8 heteroatoms. The normalized spacial score (nSPS) is 23.6. The molecule has 2 atom stereocenters. The Bertz CT molecular complexity index is 687. The molecule has 114 valence electrons. The first-order valence-electron chi connectivity index (χ1n) is 6.40. The third-order valence-electron chi connectivity index (χ3n) is 3.52. The van der Waals surface area contributed by atoms with Gasteiger partial charge in [-0.05, 0) is 38.0 Å². The molecule has 5 nitrogen and oxygen atoms in total. The highest BCUT2D eigenvalue weighted by Crippen LogP contribution is 2.27. The molecule has 1 heterocycles. The Labute approximate surface area is 121 Å². The maximum Gasteiger partial charge on any atom is 0.243 e. The molecule has 1 aromatic rings. The average molecular weight is 316 g/mol. The second-order valence-electron chi connectivity index (χ2n) is 4.94. The van der Waals surface area contributed by atoms with E-state index in [2.05, 4.69) is 4.99 Å². The highest BCUT2D eigenvalue weighted by molar-refractivity contribution is 7.89. The van der Waals surface area contributed by atoms with E-state index in [0.717, 1.165) is 12.1 Å². The van der Waals surface area contributed by atoms with Crippen molar-refractivity contribution in [2.24, 2.45) is 4.99 Å². The van der Waals surface area contributed by atoms with Crippen LogP contribution in [0, 0.1) is 11.6 Å². The van der Waals surface area contributed by atoms with Gasteiger partial charge in [0.1, 0.15) is 0 Å². The highest BCUT2D eigenvalue weighted by atomic mass is 32.2. The van der Waals surface area contributed by atoms with Gasteiger partial charge in [0, 0.05) is 12.6 Å². The SMILES string of the molecule is CC1CC(N=C=O)CCN1S(=O)(=O)c1ccc(F)c(F)c1. The van der Waals surface area contributed by atoms with Crippen LogP contribution in [0.3, 0.4) is 0 Å². The van der Waals surface area contributed by atoms with Crippen LogP contribution in [-0.4, -0.2) is 37.4 Å². The zero-order valence-electron chi connectivity index (χ0n) is 11.3. The Hall–Kier alpha value is -1.63. The minimum Gasteiger partial charge on any atom is -0.211 e. The largest absolute Gasteiger partial charge is 0.243 e. The molecule has 2 rings (SSSR count). The summed E-state index contributed by atoms with van der Waals surface area (Å²) in [5.41, 5.74) is 0. The molecule has 0 N–H and O–H groups in total. The van der Waals surface area contributed by atoms with Crippen LogP contribution in [0.2, 0.25) is 0 Å². The van der Waals surface area contributed by atoms with Crippen molar-refractivity contribution in [2.75, 3.05) is 6.54 Å². The maximum absolute atomic E-state index is 13.2. The predicted molar refractivity (Wildman–Crippen MR) is 70.9 cm³/mol. The molecule has 0 bridgehead atoms. The van der Waals surface area contributed by atoms with Gasteiger partial charge < -0.3 is 0 Å². The van der Waals surface area contributed by atoms with Crippen molar-refractivity contribution in [3.63, 3.8) is 0 Å². The summed E-state index contributed by atoms with van der Waals surface area (Å²) in [6.45, 7) is 1.85. The molecule has 2 unspecified atom stereocenters. The summed E-state index contributed by atoms with van der Waals surface area (Å²) < 4.78 is 52.3. The van der Waals surface area contributed by atoms with Crippen LogP contribution in [0.1, 0.15) is 19.8 Å². The summed E-state index contributed by atoms with van der Waals surface area (Å²) in [7, 11) is -3.90. The van der Waals surface area contributed by atoms with Crippen molar-refractivity contribution in [1.29, 1.82) is 0 Å². The third-order valence-corrected chi connectivity index (χ3v) is 5.53. The Morgan fingerprint density at radius 3 is 2.62 bits per heavy atom. The van der Waals surface area contributed by atoms with Crippen LogP contribution in [0.5, 0.6) is 0 Å². The summed E-state index contributed by atoms with van der Waals surface area (Å²) in [5.74, 6) is -2.30. The molecule has 0 spiro atoms. The van der Waals surface area contributed by atoms with Gasteiger partial charge in [0.25, 0.3) is 0 Å². The van der Waals surface area contributed by atoms with Crippen LogP contribution < -0.4 is 0 Å². The Kier molecular flexibility index (Phi) is 4.51. The van der Waals surface area contributed by atoms with Gasteiger partial charge in [0.05, 0.1) is 10.9 Å². The standard InChI is InChI=1S/C13H14F2N2O3S/c1-9-6-10(16-8-18)4-5-17(9)21(19,20)11-2-3-12(14)13(15)7-11/h2-3,7,9-10H,4-6H2,1H3. The van der Waals surface area contributed by atoms with Gasteiger partial charge in [-0.3, -0.25) is 0 Å². The van der Waals surface area contributed by atoms with E-state index in [1.165, 1.54) is 10.4 Å². The lowest BCUT2D eigenvalue weighted by Crippen LogP contribution is -2.45. The molecular weight excluding hydrogens is 302 g/mol. The zero-order valence-corrected chi connectivity index (χ0v) is 12.1. The lowest BCUT2D eigenvalue weighted by atomic mass is 10.0. The molecule has 21 heavy (non-hydrogen) atoms. The molecule has 0 amide bonds. The average Bonchev–Trinajstić information content (AvgIpc) is 2.42. The van der Waals surface area contributed by atoms with Crippen LogP contribution in [0.15, 0.2) is 28.1 Å². The highest BCUT2D eigenvalue weighted by Gasteiger charge is 2.34. The van der Waals surface area contributed by atoms with Gasteiger partial charge in [-0.1, -0.05) is 0 Å². The summed E-state index contributed by atoms with van der Waals surface area (Å²) in [6.07, 6.45) is 2.25. The summed E-state index contributed by atoms with van der Waals surface area (Å²) in [4.78, 5) is 13.6. The monoisotopic (exact) mass is 316 g/mol. The van der Waals surface area contributed by atoms with Crippen molar-refractivity contribution in [1.82, 2.24) is 4.31 Å². The summed E-state index contributed by atoms with van der Waals surface area (Å²) in [6, 6.07) is 1.85. The number of carbonyl (C=O) groups excluding carboxylic acids is 1. The molecule has 1 saturated heterocycles. The molecule has 1 aliphatic rings. The number of hydrogen-bond donors (Lipinski definition) is 0. The maximum atomic E-state index is 13.2. The molecular formula is C13H14F2N2O3S. The van der Waals surface area contributed by atoms with Crippen molar-refractivity contribution < 1.29 is 22.0 Å². The molecule has 1 aliphatic heterocycles. The Morgan fingerprint density at radius 1 is 1.33 bits per heavy atom. The topological polar surface area (TPSA) is 66.8 Å². The van der Waals surface area contributed by atoms with Crippen LogP contribution in [0.25, 0.3) is 0 Å². The minimum absolute atomic E-state index is 0.165. The number of isocyanates is 1. The number of benzene rings is 1. The number of hydrogen-bond acceptors (Lipinski definition) is 4. The zero-order chi connectivity index (χ0) is 15.6. The van der Waals surface area contributed by atoms with E-state index in [1.807, 2.05) is 0 Å². The Balaban J connectivity index is 2.27. The molecule has 0 saturated carbocycles. The summed E-state index contributed by atoms with van der Waals surface area (Å²) >= 11 is 0. The lowest BCUT2D eigenvalue weighted by molar-refractivity contribution is 0.248. The van der Waals surface area contributed by atoms with Gasteiger partial charge in [0.15, 0.2) is 11.6 Å². The fourth-order valence-electron chi connectivity index (χ4n) is 2.45. The third kappa shape index (κ3) is 3.18. The van der Waals surface area contributed by atoms with Gasteiger partial charge in [-0.2, -0.15) is 4.31 Å². The molecule has 0 aromatic heterocycles. The van der Waals surface area contributed by atoms with E-state index in [9.17, 15) is 22.0 Å². The fourth-order valence-corrected chi connectivity index (χ4v) is 4.12. The smallest absolute Gasteiger partial charge is 0.211 e. The van der Waals surface area contributed by atoms with Gasteiger partial charge in [0.2, 0.25) is 16.1 Å². The van der Waals surface area contributed by atoms with Gasteiger partial charge in [-0.25, -0.2) is 27.0 Å². The molecule has 1 fully saturated rings. The Morgan fingerprint density at radius 2 is 2.05 bits per heavy atom. The number of piperidine rings is 1. The van der Waals surface area contributed by atoms with E-state index in [-0.39, 0.29) is 23.5 Å². The molecule has 0 radical (unpaired) electrons. The first kappa shape index (κ1) is 15.8. The van der Waals surface area contributed by atoms with E-state index < -0.39 is 21.7 Å². The number of aliphatic imine (C=N–C) groups is 1. The van der Waals surface area contributed by atoms with Crippen molar-refractivity contribution in [3.05, 3.63) is 29.8 Å². The number of nitrogens with zero attached hydrogens (tertiary/aromatic N) is 2. The van der Waals surface area contributed by atoms with Crippen molar-refractivity contribution in [2.45, 2.75) is 36.7 Å². The summed E-state index contributed by atoms with van der Waals surface area (Å²) in [5, 5.41) is 0. The predicted octanol–water partition coefficient (Wildman–Crippen LogP) is 1.84. The van der Waals surface area contributed by atoms with Crippen molar-refractivity contribution in [3.8, 4) is 0 Å². The van der Waals surface area contributed by atoms with E-state index in [4.69, 9.17) is 0 Å². The van der Waals surface area contributed by atoms with E-state index in [1.54, 1.807) is 6.92 Å². The fraction of sp³-hybridized carbons (Fsp3) is 0.462. The molecule has 0 aliphatic carbocycles. The van der Waals surface area contributed by atoms with E-state index >= 15 is 0 Å². The first-order chi connectivity index (χ1) is 9.86. The van der Waals surface area contributed by atoms with Crippen LogP contribution in [-0.2, 0) is 14.8 Å². The van der Waals surface area contributed by atoms with Gasteiger partial charge in [-0.15, -0.1) is 0 Å². The van der Waals surface area contributed by atoms with Crippen molar-refractivity contribution >= 4 is 16.1 Å². The van der Waals surface area contributed by atoms with Crippen LogP contribution >= 0.6 is 0 Å². The van der Waals surface area contributed by atoms with Gasteiger partial charge >= 0.3 is 0 Å².